The van der Waals surface area contributed by atoms with Crippen LogP contribution in [0.3, 0.4) is 0 Å². The SMILES string of the molecule is CC(C)(C)OC(=O)N1CCN(c2ccc(-c3c(C(=O)Nc4ccc5ccccc5n4)nc4c(N5CCOCC5)ccnn34)cn2)CC1. The number of nitrogens with one attached hydrogen (secondary N) is 1. The number of hydrogen-bond acceptors (Lipinski definition) is 10. The summed E-state index contributed by atoms with van der Waals surface area (Å²) in [4.78, 5) is 46.8. The van der Waals surface area contributed by atoms with Crippen LogP contribution in [0.4, 0.5) is 22.1 Å². The van der Waals surface area contributed by atoms with Crippen molar-refractivity contribution in [2.45, 2.75) is 26.4 Å². The van der Waals surface area contributed by atoms with Crippen molar-refractivity contribution in [3.63, 3.8) is 0 Å². The largest absolute Gasteiger partial charge is 0.444 e. The lowest BCUT2D eigenvalue weighted by molar-refractivity contribution is 0.0240. The smallest absolute Gasteiger partial charge is 0.410 e. The zero-order chi connectivity index (χ0) is 32.5. The maximum atomic E-state index is 13.9. The number of hydrogen-bond donors (Lipinski definition) is 1. The number of carbonyl (C=O) groups excluding carboxylic acids is 2. The lowest BCUT2D eigenvalue weighted by Gasteiger charge is -2.36. The van der Waals surface area contributed by atoms with E-state index >= 15 is 0 Å². The minimum Gasteiger partial charge on any atom is -0.444 e. The van der Waals surface area contributed by atoms with E-state index in [9.17, 15) is 9.59 Å². The fourth-order valence-corrected chi connectivity index (χ4v) is 5.87. The molecule has 13 heteroatoms. The van der Waals surface area contributed by atoms with Gasteiger partial charge in [-0.15, -0.1) is 0 Å². The predicted molar refractivity (Wildman–Crippen MR) is 179 cm³/mol. The minimum absolute atomic E-state index is 0.216. The summed E-state index contributed by atoms with van der Waals surface area (Å²) >= 11 is 0. The summed E-state index contributed by atoms with van der Waals surface area (Å²) in [6.45, 7) is 10.6. The highest BCUT2D eigenvalue weighted by atomic mass is 16.6. The molecule has 0 atom stereocenters. The summed E-state index contributed by atoms with van der Waals surface area (Å²) in [5.41, 5.74) is 3.13. The fraction of sp³-hybridized carbons (Fsp3) is 0.353. The van der Waals surface area contributed by atoms with Gasteiger partial charge in [0.05, 0.1) is 30.6 Å². The van der Waals surface area contributed by atoms with Crippen LogP contribution in [0, 0.1) is 0 Å². The number of nitrogens with zero attached hydrogens (tertiary/aromatic N) is 8. The molecule has 4 aromatic heterocycles. The molecule has 2 fully saturated rings. The molecule has 2 aliphatic heterocycles. The Morgan fingerprint density at radius 2 is 1.66 bits per heavy atom. The second-order valence-electron chi connectivity index (χ2n) is 12.6. The van der Waals surface area contributed by atoms with Crippen molar-refractivity contribution < 1.29 is 19.1 Å². The topological polar surface area (TPSA) is 130 Å². The quantitative estimate of drug-likeness (QED) is 0.295. The van der Waals surface area contributed by atoms with Gasteiger partial charge in [0.25, 0.3) is 5.91 Å². The van der Waals surface area contributed by atoms with Crippen LogP contribution in [0.25, 0.3) is 27.8 Å². The summed E-state index contributed by atoms with van der Waals surface area (Å²) in [5.74, 6) is 0.806. The first kappa shape index (κ1) is 30.4. The van der Waals surface area contributed by atoms with Crippen LogP contribution in [-0.2, 0) is 9.47 Å². The van der Waals surface area contributed by atoms with Gasteiger partial charge in [-0.2, -0.15) is 5.10 Å². The number of pyridine rings is 2. The number of aromatic nitrogens is 5. The number of benzene rings is 1. The molecule has 2 aliphatic rings. The zero-order valence-corrected chi connectivity index (χ0v) is 26.7. The van der Waals surface area contributed by atoms with Gasteiger partial charge in [-0.3, -0.25) is 4.79 Å². The summed E-state index contributed by atoms with van der Waals surface area (Å²) in [5, 5.41) is 8.57. The molecule has 0 saturated carbocycles. The van der Waals surface area contributed by atoms with Crippen molar-refractivity contribution in [2.24, 2.45) is 0 Å². The Bertz CT molecular complexity index is 1920. The normalized spacial score (nSPS) is 15.7. The molecule has 47 heavy (non-hydrogen) atoms. The Morgan fingerprint density at radius 1 is 0.872 bits per heavy atom. The molecule has 0 aliphatic carbocycles. The molecule has 0 radical (unpaired) electrons. The summed E-state index contributed by atoms with van der Waals surface area (Å²) in [6, 6.07) is 17.2. The number of piperazine rings is 1. The number of amides is 2. The molecule has 1 aromatic carbocycles. The van der Waals surface area contributed by atoms with E-state index in [-0.39, 0.29) is 11.8 Å². The number of imidazole rings is 1. The molecule has 2 amide bonds. The van der Waals surface area contributed by atoms with Gasteiger partial charge in [-0.25, -0.2) is 24.3 Å². The van der Waals surface area contributed by atoms with E-state index in [0.29, 0.717) is 75.2 Å². The van der Waals surface area contributed by atoms with Crippen molar-refractivity contribution in [2.75, 3.05) is 67.6 Å². The zero-order valence-electron chi connectivity index (χ0n) is 26.7. The lowest BCUT2D eigenvalue weighted by Crippen LogP contribution is -2.50. The lowest BCUT2D eigenvalue weighted by atomic mass is 10.1. The Labute approximate surface area is 272 Å². The first-order valence-corrected chi connectivity index (χ1v) is 15.8. The van der Waals surface area contributed by atoms with Gasteiger partial charge in [-0.1, -0.05) is 18.2 Å². The van der Waals surface area contributed by atoms with Gasteiger partial charge in [0.1, 0.15) is 22.9 Å². The molecule has 0 spiro atoms. The summed E-state index contributed by atoms with van der Waals surface area (Å²) in [6.07, 6.45) is 3.16. The number of morpholine rings is 1. The number of anilines is 3. The van der Waals surface area contributed by atoms with Crippen LogP contribution in [0.1, 0.15) is 31.3 Å². The Morgan fingerprint density at radius 3 is 2.40 bits per heavy atom. The van der Waals surface area contributed by atoms with Crippen LogP contribution in [-0.4, -0.2) is 99.5 Å². The molecule has 6 heterocycles. The van der Waals surface area contributed by atoms with E-state index in [4.69, 9.17) is 19.4 Å². The van der Waals surface area contributed by atoms with Crippen molar-refractivity contribution in [3.05, 3.63) is 72.7 Å². The highest BCUT2D eigenvalue weighted by Crippen LogP contribution is 2.31. The van der Waals surface area contributed by atoms with Crippen molar-refractivity contribution in [1.82, 2.24) is 29.5 Å². The van der Waals surface area contributed by atoms with Gasteiger partial charge < -0.3 is 29.5 Å². The van der Waals surface area contributed by atoms with E-state index in [1.807, 2.05) is 69.3 Å². The molecule has 2 saturated heterocycles. The molecular weight excluding hydrogens is 598 g/mol. The molecule has 7 rings (SSSR count). The van der Waals surface area contributed by atoms with Gasteiger partial charge in [0.15, 0.2) is 11.3 Å². The fourth-order valence-electron chi connectivity index (χ4n) is 5.87. The van der Waals surface area contributed by atoms with Gasteiger partial charge in [0.2, 0.25) is 0 Å². The monoisotopic (exact) mass is 635 g/mol. The number of carbonyl (C=O) groups is 2. The average molecular weight is 636 g/mol. The highest BCUT2D eigenvalue weighted by molar-refractivity contribution is 6.07. The van der Waals surface area contributed by atoms with Gasteiger partial charge >= 0.3 is 6.09 Å². The van der Waals surface area contributed by atoms with E-state index in [1.165, 1.54) is 0 Å². The third-order valence-corrected chi connectivity index (χ3v) is 8.18. The highest BCUT2D eigenvalue weighted by Gasteiger charge is 2.28. The predicted octanol–water partition coefficient (Wildman–Crippen LogP) is 4.49. The summed E-state index contributed by atoms with van der Waals surface area (Å²) in [7, 11) is 0. The Hall–Kier alpha value is -5.30. The van der Waals surface area contributed by atoms with E-state index in [2.05, 4.69) is 25.2 Å². The standard InChI is InChI=1S/C34H37N9O4/c1-34(2,3)47-33(45)42-16-14-41(15-17-42)28-11-9-24(22-35-28)30-29(32(44)38-27-10-8-23-6-4-5-7-25(23)37-27)39-31-26(12-13-36-43(30)31)40-18-20-46-21-19-40/h4-13,22H,14-21H2,1-3H3,(H,37,38,44). The first-order valence-electron chi connectivity index (χ1n) is 15.8. The minimum atomic E-state index is -0.539. The second kappa shape index (κ2) is 12.5. The van der Waals surface area contributed by atoms with E-state index < -0.39 is 11.5 Å². The van der Waals surface area contributed by atoms with Crippen molar-refractivity contribution >= 4 is 45.9 Å². The molecule has 0 bridgehead atoms. The van der Waals surface area contributed by atoms with E-state index in [0.717, 1.165) is 22.4 Å². The first-order chi connectivity index (χ1) is 22.7. The summed E-state index contributed by atoms with van der Waals surface area (Å²) < 4.78 is 12.8. The Kier molecular flexibility index (Phi) is 8.06. The third kappa shape index (κ3) is 6.39. The molecule has 13 nitrogen and oxygen atoms in total. The number of ether oxygens (including phenoxy) is 2. The molecule has 0 unspecified atom stereocenters. The molecule has 5 aromatic rings. The average Bonchev–Trinajstić information content (AvgIpc) is 3.48. The molecular formula is C34H37N9O4. The van der Waals surface area contributed by atoms with Crippen LogP contribution in [0.5, 0.6) is 0 Å². The van der Waals surface area contributed by atoms with Crippen LogP contribution in [0.15, 0.2) is 67.0 Å². The number of fused-ring (bicyclic) bond motifs is 2. The van der Waals surface area contributed by atoms with Gasteiger partial charge in [-0.05, 0) is 57.2 Å². The van der Waals surface area contributed by atoms with Crippen molar-refractivity contribution in [3.8, 4) is 11.3 Å². The van der Waals surface area contributed by atoms with Crippen molar-refractivity contribution in [1.29, 1.82) is 0 Å². The maximum Gasteiger partial charge on any atom is 0.410 e. The third-order valence-electron chi connectivity index (χ3n) is 8.18. The van der Waals surface area contributed by atoms with E-state index in [1.54, 1.807) is 27.9 Å². The molecule has 242 valence electrons. The van der Waals surface area contributed by atoms with Gasteiger partial charge in [0, 0.05) is 56.4 Å². The van der Waals surface area contributed by atoms with Crippen LogP contribution in [0.2, 0.25) is 0 Å². The number of rotatable bonds is 5. The Balaban J connectivity index is 1.19. The van der Waals surface area contributed by atoms with Crippen LogP contribution >= 0.6 is 0 Å². The molecule has 1 N–H and O–H groups in total. The number of para-hydroxylation sites is 1. The van der Waals surface area contributed by atoms with Crippen LogP contribution < -0.4 is 15.1 Å². The maximum absolute atomic E-state index is 13.9. The second-order valence-corrected chi connectivity index (χ2v) is 12.6.